The Hall–Kier alpha value is -0.610. The second-order valence-electron chi connectivity index (χ2n) is 5.61. The molecule has 0 aromatic rings. The third kappa shape index (κ3) is 4.64. The van der Waals surface area contributed by atoms with Crippen LogP contribution in [0.1, 0.15) is 51.4 Å². The zero-order valence-corrected chi connectivity index (χ0v) is 10.5. The molecular formula is C13H24N2O2. The van der Waals surface area contributed by atoms with Crippen LogP contribution in [0.5, 0.6) is 0 Å². The van der Waals surface area contributed by atoms with E-state index < -0.39 is 0 Å². The minimum Gasteiger partial charge on any atom is -0.370 e. The number of amides is 1. The average molecular weight is 240 g/mol. The molecule has 3 N–H and O–H groups in total. The highest BCUT2D eigenvalue weighted by atomic mass is 16.5. The van der Waals surface area contributed by atoms with Crippen molar-refractivity contribution in [3.63, 3.8) is 0 Å². The first-order chi connectivity index (χ1) is 8.18. The fourth-order valence-electron chi connectivity index (χ4n) is 2.42. The molecule has 2 rings (SSSR count). The number of nitrogens with one attached hydrogen (secondary N) is 1. The van der Waals surface area contributed by atoms with Gasteiger partial charge >= 0.3 is 0 Å². The van der Waals surface area contributed by atoms with Gasteiger partial charge in [0, 0.05) is 11.6 Å². The van der Waals surface area contributed by atoms with Gasteiger partial charge in [-0.25, -0.2) is 0 Å². The molecule has 0 aliphatic heterocycles. The molecule has 17 heavy (non-hydrogen) atoms. The maximum absolute atomic E-state index is 11.4. The first kappa shape index (κ1) is 12.8. The average Bonchev–Trinajstić information content (AvgIpc) is 3.07. The quantitative estimate of drug-likeness (QED) is 0.713. The predicted molar refractivity (Wildman–Crippen MR) is 66.6 cm³/mol. The summed E-state index contributed by atoms with van der Waals surface area (Å²) in [6, 6.07) is 0.413. The van der Waals surface area contributed by atoms with Crippen LogP contribution in [-0.4, -0.2) is 30.7 Å². The Kier molecular flexibility index (Phi) is 4.40. The van der Waals surface area contributed by atoms with Crippen LogP contribution in [0.2, 0.25) is 0 Å². The molecule has 98 valence electrons. The van der Waals surface area contributed by atoms with Crippen LogP contribution in [0, 0.1) is 0 Å². The summed E-state index contributed by atoms with van der Waals surface area (Å²) >= 11 is 0. The van der Waals surface area contributed by atoms with E-state index in [1.165, 1.54) is 25.7 Å². The Labute approximate surface area is 103 Å². The molecule has 2 aliphatic rings. The van der Waals surface area contributed by atoms with Crippen LogP contribution in [0.3, 0.4) is 0 Å². The molecule has 2 aliphatic carbocycles. The molecule has 0 aromatic carbocycles. The van der Waals surface area contributed by atoms with Gasteiger partial charge in [0.2, 0.25) is 5.91 Å². The van der Waals surface area contributed by atoms with Crippen LogP contribution in [-0.2, 0) is 9.53 Å². The van der Waals surface area contributed by atoms with E-state index in [0.29, 0.717) is 12.6 Å². The van der Waals surface area contributed by atoms with E-state index in [-0.39, 0.29) is 18.1 Å². The Bertz CT molecular complexity index is 256. The van der Waals surface area contributed by atoms with E-state index in [0.717, 1.165) is 25.7 Å². The molecule has 2 saturated carbocycles. The standard InChI is InChI=1S/C13H24N2O2/c14-13(7-3-1-2-4-8-13)10-17-9-12(16)15-11-5-6-11/h11H,1-10,14H2,(H,15,16). The molecule has 0 heterocycles. The monoisotopic (exact) mass is 240 g/mol. The molecule has 0 spiro atoms. The molecular weight excluding hydrogens is 216 g/mol. The molecule has 0 bridgehead atoms. The third-order valence-electron chi connectivity index (χ3n) is 3.66. The normalized spacial score (nSPS) is 24.1. The maximum Gasteiger partial charge on any atom is 0.246 e. The molecule has 0 saturated heterocycles. The van der Waals surface area contributed by atoms with Crippen LogP contribution in [0.15, 0.2) is 0 Å². The van der Waals surface area contributed by atoms with E-state index >= 15 is 0 Å². The lowest BCUT2D eigenvalue weighted by atomic mass is 9.93. The summed E-state index contributed by atoms with van der Waals surface area (Å²) in [5.74, 6) is 0.00437. The van der Waals surface area contributed by atoms with E-state index in [4.69, 9.17) is 10.5 Å². The number of hydrogen-bond acceptors (Lipinski definition) is 3. The van der Waals surface area contributed by atoms with Gasteiger partial charge in [-0.3, -0.25) is 4.79 Å². The fraction of sp³-hybridized carbons (Fsp3) is 0.923. The molecule has 0 radical (unpaired) electrons. The van der Waals surface area contributed by atoms with Gasteiger partial charge in [0.05, 0.1) is 6.61 Å². The van der Waals surface area contributed by atoms with Crippen LogP contribution < -0.4 is 11.1 Å². The van der Waals surface area contributed by atoms with Gasteiger partial charge in [-0.05, 0) is 25.7 Å². The highest BCUT2D eigenvalue weighted by molar-refractivity contribution is 5.77. The summed E-state index contributed by atoms with van der Waals surface area (Å²) in [5, 5.41) is 2.91. The second-order valence-corrected chi connectivity index (χ2v) is 5.61. The lowest BCUT2D eigenvalue weighted by molar-refractivity contribution is -0.126. The van der Waals surface area contributed by atoms with Gasteiger partial charge in [-0.2, -0.15) is 0 Å². The fourth-order valence-corrected chi connectivity index (χ4v) is 2.42. The van der Waals surface area contributed by atoms with Gasteiger partial charge in [0.15, 0.2) is 0 Å². The highest BCUT2D eigenvalue weighted by Gasteiger charge is 2.27. The minimum absolute atomic E-state index is 0.00437. The highest BCUT2D eigenvalue weighted by Crippen LogP contribution is 2.25. The first-order valence-electron chi connectivity index (χ1n) is 6.84. The number of carbonyl (C=O) groups excluding carboxylic acids is 1. The summed E-state index contributed by atoms with van der Waals surface area (Å²) in [5.41, 5.74) is 6.10. The van der Waals surface area contributed by atoms with E-state index in [1.807, 2.05) is 0 Å². The lowest BCUT2D eigenvalue weighted by Crippen LogP contribution is -2.45. The van der Waals surface area contributed by atoms with E-state index in [9.17, 15) is 4.79 Å². The number of nitrogens with two attached hydrogens (primary N) is 1. The van der Waals surface area contributed by atoms with Crippen LogP contribution in [0.25, 0.3) is 0 Å². The van der Waals surface area contributed by atoms with Gasteiger partial charge < -0.3 is 15.8 Å². The van der Waals surface area contributed by atoms with Gasteiger partial charge in [0.25, 0.3) is 0 Å². The second kappa shape index (κ2) is 5.83. The smallest absolute Gasteiger partial charge is 0.246 e. The SMILES string of the molecule is NC1(COCC(=O)NC2CC2)CCCCCC1. The number of hydrogen-bond donors (Lipinski definition) is 2. The van der Waals surface area contributed by atoms with Crippen molar-refractivity contribution >= 4 is 5.91 Å². The predicted octanol–water partition coefficient (Wildman–Crippen LogP) is 1.33. The topological polar surface area (TPSA) is 64.3 Å². The molecule has 0 unspecified atom stereocenters. The summed E-state index contributed by atoms with van der Waals surface area (Å²) < 4.78 is 5.49. The number of ether oxygens (including phenoxy) is 1. The number of rotatable bonds is 5. The van der Waals surface area contributed by atoms with E-state index in [2.05, 4.69) is 5.32 Å². The van der Waals surface area contributed by atoms with Crippen molar-refractivity contribution < 1.29 is 9.53 Å². The maximum atomic E-state index is 11.4. The van der Waals surface area contributed by atoms with Crippen molar-refractivity contribution in [1.82, 2.24) is 5.32 Å². The zero-order chi connectivity index (χ0) is 12.1. The summed E-state index contributed by atoms with van der Waals surface area (Å²) in [6.45, 7) is 0.681. The van der Waals surface area contributed by atoms with Crippen LogP contribution in [0.4, 0.5) is 0 Å². The van der Waals surface area contributed by atoms with Gasteiger partial charge in [-0.1, -0.05) is 25.7 Å². The lowest BCUT2D eigenvalue weighted by Gasteiger charge is -2.27. The van der Waals surface area contributed by atoms with Crippen molar-refractivity contribution in [2.24, 2.45) is 5.73 Å². The van der Waals surface area contributed by atoms with Crippen LogP contribution >= 0.6 is 0 Å². The Balaban J connectivity index is 1.63. The summed E-state index contributed by atoms with van der Waals surface area (Å²) in [7, 11) is 0. The summed E-state index contributed by atoms with van der Waals surface area (Å²) in [6.07, 6.45) is 9.22. The number of carbonyl (C=O) groups is 1. The van der Waals surface area contributed by atoms with Crippen molar-refractivity contribution in [3.05, 3.63) is 0 Å². The zero-order valence-electron chi connectivity index (χ0n) is 10.5. The Morgan fingerprint density at radius 2 is 1.88 bits per heavy atom. The summed E-state index contributed by atoms with van der Waals surface area (Å²) in [4.78, 5) is 11.4. The molecule has 2 fully saturated rings. The van der Waals surface area contributed by atoms with Crippen molar-refractivity contribution in [1.29, 1.82) is 0 Å². The van der Waals surface area contributed by atoms with E-state index in [1.54, 1.807) is 0 Å². The third-order valence-corrected chi connectivity index (χ3v) is 3.66. The Morgan fingerprint density at radius 1 is 1.24 bits per heavy atom. The minimum atomic E-state index is -0.198. The van der Waals surface area contributed by atoms with Gasteiger partial charge in [0.1, 0.15) is 6.61 Å². The first-order valence-corrected chi connectivity index (χ1v) is 6.84. The van der Waals surface area contributed by atoms with Crippen molar-refractivity contribution in [3.8, 4) is 0 Å². The molecule has 4 heteroatoms. The molecule has 0 atom stereocenters. The molecule has 1 amide bonds. The molecule has 0 aromatic heterocycles. The van der Waals surface area contributed by atoms with Crippen molar-refractivity contribution in [2.75, 3.05) is 13.2 Å². The Morgan fingerprint density at radius 3 is 2.47 bits per heavy atom. The largest absolute Gasteiger partial charge is 0.370 e. The molecule has 4 nitrogen and oxygen atoms in total. The van der Waals surface area contributed by atoms with Gasteiger partial charge in [-0.15, -0.1) is 0 Å². The van der Waals surface area contributed by atoms with Crippen molar-refractivity contribution in [2.45, 2.75) is 62.9 Å².